The maximum absolute atomic E-state index is 12.3. The summed E-state index contributed by atoms with van der Waals surface area (Å²) >= 11 is 0. The van der Waals surface area contributed by atoms with Crippen LogP contribution in [-0.2, 0) is 15.9 Å². The molecule has 2 saturated carbocycles. The molecule has 1 aromatic rings. The topological polar surface area (TPSA) is 120 Å². The van der Waals surface area contributed by atoms with E-state index >= 15 is 0 Å². The summed E-state index contributed by atoms with van der Waals surface area (Å²) in [6, 6.07) is 10.6. The minimum absolute atomic E-state index is 0.0121. The van der Waals surface area contributed by atoms with E-state index in [1.54, 1.807) is 0 Å². The lowest BCUT2D eigenvalue weighted by Crippen LogP contribution is -2.65. The molecule has 0 bridgehead atoms. The van der Waals surface area contributed by atoms with Gasteiger partial charge in [-0.05, 0) is 86.0 Å². The van der Waals surface area contributed by atoms with Gasteiger partial charge in [0.2, 0.25) is 0 Å². The number of rotatable bonds is 5. The molecule has 0 aromatic heterocycles. The van der Waals surface area contributed by atoms with Crippen molar-refractivity contribution >= 4 is 0 Å². The minimum atomic E-state index is -1.54. The zero-order chi connectivity index (χ0) is 32.9. The van der Waals surface area contributed by atoms with Crippen molar-refractivity contribution in [2.45, 2.75) is 122 Å². The number of fused-ring (bicyclic) bond motifs is 7. The van der Waals surface area contributed by atoms with Crippen LogP contribution in [0.15, 0.2) is 53.6 Å². The number of hydrogen-bond acceptors (Lipinski definition) is 7. The van der Waals surface area contributed by atoms with Crippen LogP contribution in [0, 0.1) is 45.3 Å². The highest BCUT2D eigenvalue weighted by molar-refractivity contribution is 5.38. The van der Waals surface area contributed by atoms with Gasteiger partial charge in [-0.3, -0.25) is 0 Å². The van der Waals surface area contributed by atoms with E-state index in [1.807, 2.05) is 0 Å². The predicted molar refractivity (Wildman–Crippen MR) is 175 cm³/mol. The molecule has 0 spiro atoms. The molecule has 7 nitrogen and oxygen atoms in total. The SMILES string of the molecule is CC(O)(CO)[C@H]1C[C@H](O)[C@@H]([C@@H]2CC=C3[C@]4(C)[C@H](O)C[C@@H]5[C@](C)(CC=C6C[C@@H](Cc7ccccc7)OC[C@@]65C)[C@H]4CC[C@]32C)[C@@H](O)O1. The first kappa shape index (κ1) is 32.9. The molecule has 7 rings (SSSR count). The highest BCUT2D eigenvalue weighted by Gasteiger charge is 2.69. The highest BCUT2D eigenvalue weighted by atomic mass is 16.6. The quantitative estimate of drug-likeness (QED) is 0.291. The number of benzene rings is 1. The normalized spacial score (nSPS) is 49.8. The molecule has 1 unspecified atom stereocenters. The highest BCUT2D eigenvalue weighted by Crippen LogP contribution is 2.73. The molecule has 2 aliphatic heterocycles. The molecule has 4 fully saturated rings. The first-order chi connectivity index (χ1) is 21.7. The van der Waals surface area contributed by atoms with Gasteiger partial charge in [0.15, 0.2) is 6.29 Å². The molecule has 14 atom stereocenters. The molecule has 7 heteroatoms. The summed E-state index contributed by atoms with van der Waals surface area (Å²) in [6.45, 7) is 11.1. The molecule has 0 radical (unpaired) electrons. The number of allylic oxidation sites excluding steroid dienone is 2. The lowest BCUT2D eigenvalue weighted by atomic mass is 9.37. The van der Waals surface area contributed by atoms with Crippen molar-refractivity contribution in [1.29, 1.82) is 0 Å². The van der Waals surface area contributed by atoms with E-state index in [9.17, 15) is 25.5 Å². The van der Waals surface area contributed by atoms with Crippen LogP contribution in [0.4, 0.5) is 0 Å². The lowest BCUT2D eigenvalue weighted by Gasteiger charge is -2.68. The van der Waals surface area contributed by atoms with E-state index in [1.165, 1.54) is 23.6 Å². The van der Waals surface area contributed by atoms with Crippen molar-refractivity contribution in [3.63, 3.8) is 0 Å². The summed E-state index contributed by atoms with van der Waals surface area (Å²) in [4.78, 5) is 0. The van der Waals surface area contributed by atoms with Crippen LogP contribution in [0.2, 0.25) is 0 Å². The van der Waals surface area contributed by atoms with Crippen LogP contribution >= 0.6 is 0 Å². The Balaban J connectivity index is 1.14. The molecular weight excluding hydrogens is 580 g/mol. The average molecular weight is 637 g/mol. The van der Waals surface area contributed by atoms with E-state index in [0.717, 1.165) is 38.5 Å². The summed E-state index contributed by atoms with van der Waals surface area (Å²) in [5.41, 5.74) is 1.78. The predicted octanol–water partition coefficient (Wildman–Crippen LogP) is 4.94. The number of ether oxygens (including phenoxy) is 2. The van der Waals surface area contributed by atoms with Crippen molar-refractivity contribution in [2.24, 2.45) is 45.3 Å². The largest absolute Gasteiger partial charge is 0.393 e. The standard InChI is InChI=1S/C39H56O7/c1-35-16-14-29-36(2)15-13-24-18-25(17-23-9-7-6-8-10-23)45-22-37(24,3)30(36)20-31(42)39(29,5)28(35)12-11-26(35)33-27(41)19-32(46-34(33)43)38(4,44)21-40/h6-10,12-13,25-27,29-34,40-44H,11,14-22H2,1-5H3/t25-,26+,27+,29-,30-,31-,32-,33-,34+,35+,36-,37+,38?,39+/m1/s1. The lowest BCUT2D eigenvalue weighted by molar-refractivity contribution is -0.279. The van der Waals surface area contributed by atoms with Gasteiger partial charge in [0, 0.05) is 23.2 Å². The molecule has 2 heterocycles. The molecule has 46 heavy (non-hydrogen) atoms. The summed E-state index contributed by atoms with van der Waals surface area (Å²) in [5, 5.41) is 55.2. The third-order valence-corrected chi connectivity index (χ3v) is 14.7. The number of aliphatic hydroxyl groups excluding tert-OH is 4. The van der Waals surface area contributed by atoms with Crippen LogP contribution in [0.3, 0.4) is 0 Å². The molecule has 4 aliphatic carbocycles. The van der Waals surface area contributed by atoms with Gasteiger partial charge in [0.05, 0.1) is 37.6 Å². The van der Waals surface area contributed by atoms with Gasteiger partial charge < -0.3 is 35.0 Å². The van der Waals surface area contributed by atoms with Crippen LogP contribution in [0.25, 0.3) is 0 Å². The van der Waals surface area contributed by atoms with E-state index in [0.29, 0.717) is 24.9 Å². The van der Waals surface area contributed by atoms with Crippen LogP contribution < -0.4 is 0 Å². The van der Waals surface area contributed by atoms with Crippen LogP contribution in [0.1, 0.15) is 85.1 Å². The zero-order valence-electron chi connectivity index (χ0n) is 28.4. The molecule has 0 amide bonds. The Morgan fingerprint density at radius 2 is 1.70 bits per heavy atom. The van der Waals surface area contributed by atoms with E-state index in [2.05, 4.69) is 70.2 Å². The smallest absolute Gasteiger partial charge is 0.160 e. The van der Waals surface area contributed by atoms with Crippen molar-refractivity contribution in [3.8, 4) is 0 Å². The van der Waals surface area contributed by atoms with E-state index in [-0.39, 0.29) is 34.7 Å². The molecular formula is C39H56O7. The molecule has 6 aliphatic rings. The monoisotopic (exact) mass is 636 g/mol. The van der Waals surface area contributed by atoms with Crippen LogP contribution in [0.5, 0.6) is 0 Å². The minimum Gasteiger partial charge on any atom is -0.393 e. The molecule has 254 valence electrons. The van der Waals surface area contributed by atoms with Gasteiger partial charge in [0.25, 0.3) is 0 Å². The van der Waals surface area contributed by atoms with Crippen LogP contribution in [-0.4, -0.2) is 75.1 Å². The molecule has 1 aromatic carbocycles. The summed E-state index contributed by atoms with van der Waals surface area (Å²) in [5.74, 6) is 0.0484. The van der Waals surface area contributed by atoms with Gasteiger partial charge in [-0.15, -0.1) is 0 Å². The fourth-order valence-electron chi connectivity index (χ4n) is 12.0. The third-order valence-electron chi connectivity index (χ3n) is 14.7. The number of aliphatic hydroxyl groups is 5. The Bertz CT molecular complexity index is 1360. The Morgan fingerprint density at radius 1 is 0.957 bits per heavy atom. The molecule has 5 N–H and O–H groups in total. The summed E-state index contributed by atoms with van der Waals surface area (Å²) < 4.78 is 12.5. The molecule has 2 saturated heterocycles. The Morgan fingerprint density at radius 3 is 2.39 bits per heavy atom. The Kier molecular flexibility index (Phi) is 8.04. The first-order valence-corrected chi connectivity index (χ1v) is 17.8. The van der Waals surface area contributed by atoms with Crippen molar-refractivity contribution in [1.82, 2.24) is 0 Å². The zero-order valence-corrected chi connectivity index (χ0v) is 28.4. The van der Waals surface area contributed by atoms with Gasteiger partial charge in [-0.1, -0.05) is 81.3 Å². The van der Waals surface area contributed by atoms with E-state index < -0.39 is 48.1 Å². The fourth-order valence-corrected chi connectivity index (χ4v) is 12.0. The third kappa shape index (κ3) is 4.70. The van der Waals surface area contributed by atoms with Crippen molar-refractivity contribution < 1.29 is 35.0 Å². The average Bonchev–Trinajstić information content (AvgIpc) is 3.36. The second kappa shape index (κ2) is 11.2. The summed E-state index contributed by atoms with van der Waals surface area (Å²) in [6.07, 6.45) is 7.96. The fraction of sp³-hybridized carbons (Fsp3) is 0.744. The van der Waals surface area contributed by atoms with Gasteiger partial charge >= 0.3 is 0 Å². The van der Waals surface area contributed by atoms with Crippen molar-refractivity contribution in [2.75, 3.05) is 13.2 Å². The first-order valence-electron chi connectivity index (χ1n) is 17.8. The van der Waals surface area contributed by atoms with Gasteiger partial charge in [-0.2, -0.15) is 0 Å². The second-order valence-electron chi connectivity index (χ2n) is 17.2. The van der Waals surface area contributed by atoms with Gasteiger partial charge in [0.1, 0.15) is 5.60 Å². The second-order valence-corrected chi connectivity index (χ2v) is 17.2. The Labute approximate surface area is 274 Å². The maximum atomic E-state index is 12.3. The van der Waals surface area contributed by atoms with Crippen molar-refractivity contribution in [3.05, 3.63) is 59.2 Å². The summed E-state index contributed by atoms with van der Waals surface area (Å²) in [7, 11) is 0. The Hall–Kier alpha value is -1.58. The maximum Gasteiger partial charge on any atom is 0.160 e. The van der Waals surface area contributed by atoms with E-state index in [4.69, 9.17) is 9.47 Å². The van der Waals surface area contributed by atoms with Gasteiger partial charge in [-0.25, -0.2) is 0 Å². The number of hydrogen-bond donors (Lipinski definition) is 5.